The highest BCUT2D eigenvalue weighted by molar-refractivity contribution is 5.06. The minimum Gasteiger partial charge on any atom is -0.325 e. The summed E-state index contributed by atoms with van der Waals surface area (Å²) in [6.45, 7) is 2.54. The lowest BCUT2D eigenvalue weighted by molar-refractivity contribution is -0.112. The Kier molecular flexibility index (Phi) is 1.73. The van der Waals surface area contributed by atoms with E-state index in [4.69, 9.17) is 10.6 Å². The van der Waals surface area contributed by atoms with Crippen molar-refractivity contribution in [3.63, 3.8) is 0 Å². The highest BCUT2D eigenvalue weighted by atomic mass is 16.7. The van der Waals surface area contributed by atoms with Gasteiger partial charge in [-0.2, -0.15) is 0 Å². The van der Waals surface area contributed by atoms with Crippen molar-refractivity contribution >= 4 is 0 Å². The Balaban J connectivity index is 2.57. The molecule has 0 radical (unpaired) electrons. The highest BCUT2D eigenvalue weighted by Gasteiger charge is 2.15. The molecule has 0 saturated carbocycles. The predicted octanol–water partition coefficient (Wildman–Crippen LogP) is 0.0945. The van der Waals surface area contributed by atoms with Crippen LogP contribution in [0.4, 0.5) is 0 Å². The van der Waals surface area contributed by atoms with Crippen molar-refractivity contribution in [2.75, 3.05) is 13.6 Å². The van der Waals surface area contributed by atoms with Gasteiger partial charge in [0.15, 0.2) is 0 Å². The van der Waals surface area contributed by atoms with E-state index in [-0.39, 0.29) is 6.10 Å². The molecule has 0 spiro atoms. The van der Waals surface area contributed by atoms with E-state index >= 15 is 0 Å². The first kappa shape index (κ1) is 6.58. The summed E-state index contributed by atoms with van der Waals surface area (Å²) in [5.74, 6) is 0. The largest absolute Gasteiger partial charge is 0.325 e. The Bertz CT molecular complexity index is 133. The van der Waals surface area contributed by atoms with E-state index in [0.29, 0.717) is 6.54 Å². The van der Waals surface area contributed by atoms with Gasteiger partial charge in [-0.15, -0.1) is 0 Å². The molecule has 1 heterocycles. The van der Waals surface area contributed by atoms with Gasteiger partial charge in [0, 0.05) is 13.6 Å². The molecule has 1 aliphatic heterocycles. The molecule has 0 fully saturated rings. The Morgan fingerprint density at radius 2 is 2.56 bits per heavy atom. The van der Waals surface area contributed by atoms with Crippen LogP contribution in [-0.4, -0.2) is 24.8 Å². The number of hydrogen-bond acceptors (Lipinski definition) is 3. The van der Waals surface area contributed by atoms with Gasteiger partial charge >= 0.3 is 0 Å². The molecule has 52 valence electrons. The number of nitrogens with zero attached hydrogens (tertiary/aromatic N) is 1. The van der Waals surface area contributed by atoms with Crippen LogP contribution in [0.2, 0.25) is 0 Å². The third-order valence-corrected chi connectivity index (χ3v) is 1.37. The van der Waals surface area contributed by atoms with Crippen LogP contribution in [0.5, 0.6) is 0 Å². The lowest BCUT2D eigenvalue weighted by atomic mass is 10.3. The van der Waals surface area contributed by atoms with Crippen molar-refractivity contribution in [3.8, 4) is 0 Å². The normalized spacial score (nSPS) is 26.8. The minimum absolute atomic E-state index is 0.188. The molecule has 0 bridgehead atoms. The van der Waals surface area contributed by atoms with Gasteiger partial charge in [-0.25, -0.2) is 0 Å². The monoisotopic (exact) mass is 128 g/mol. The fourth-order valence-corrected chi connectivity index (χ4v) is 0.920. The first-order valence-electron chi connectivity index (χ1n) is 3.05. The van der Waals surface area contributed by atoms with E-state index < -0.39 is 0 Å². The zero-order valence-electron chi connectivity index (χ0n) is 5.79. The van der Waals surface area contributed by atoms with Gasteiger partial charge in [0.1, 0.15) is 6.10 Å². The van der Waals surface area contributed by atoms with Crippen LogP contribution in [0.1, 0.15) is 6.92 Å². The van der Waals surface area contributed by atoms with Crippen LogP contribution in [0.15, 0.2) is 11.8 Å². The number of hydrogen-bond donors (Lipinski definition) is 1. The molecule has 0 unspecified atom stereocenters. The number of likely N-dealkylation sites (N-methyl/N-ethyl adjacent to an activating group) is 1. The molecule has 0 aromatic heterocycles. The SMILES string of the molecule is C[C@H]1C=C(CN)N(C)O1. The fraction of sp³-hybridized carbons (Fsp3) is 0.667. The summed E-state index contributed by atoms with van der Waals surface area (Å²) < 4.78 is 0. The van der Waals surface area contributed by atoms with E-state index in [9.17, 15) is 0 Å². The van der Waals surface area contributed by atoms with Crippen molar-refractivity contribution in [3.05, 3.63) is 11.8 Å². The summed E-state index contributed by atoms with van der Waals surface area (Å²) in [7, 11) is 1.86. The Morgan fingerprint density at radius 3 is 2.78 bits per heavy atom. The second-order valence-electron chi connectivity index (χ2n) is 2.17. The number of rotatable bonds is 1. The van der Waals surface area contributed by atoms with Crippen LogP contribution in [0.25, 0.3) is 0 Å². The van der Waals surface area contributed by atoms with Crippen LogP contribution >= 0.6 is 0 Å². The van der Waals surface area contributed by atoms with Gasteiger partial charge in [-0.05, 0) is 13.0 Å². The first-order chi connectivity index (χ1) is 4.24. The zero-order valence-corrected chi connectivity index (χ0v) is 5.79. The maximum absolute atomic E-state index is 5.40. The van der Waals surface area contributed by atoms with Crippen molar-refractivity contribution in [1.29, 1.82) is 0 Å². The molecule has 0 aromatic carbocycles. The maximum Gasteiger partial charge on any atom is 0.103 e. The Labute approximate surface area is 55.0 Å². The molecule has 3 heteroatoms. The van der Waals surface area contributed by atoms with Crippen LogP contribution < -0.4 is 5.73 Å². The van der Waals surface area contributed by atoms with E-state index in [2.05, 4.69) is 0 Å². The second-order valence-corrected chi connectivity index (χ2v) is 2.17. The fourth-order valence-electron chi connectivity index (χ4n) is 0.920. The highest BCUT2D eigenvalue weighted by Crippen LogP contribution is 2.13. The molecule has 1 rings (SSSR count). The molecular weight excluding hydrogens is 116 g/mol. The molecule has 0 aliphatic carbocycles. The van der Waals surface area contributed by atoms with Gasteiger partial charge < -0.3 is 5.73 Å². The Hall–Kier alpha value is -0.540. The van der Waals surface area contributed by atoms with Gasteiger partial charge in [0.25, 0.3) is 0 Å². The molecule has 0 aromatic rings. The average molecular weight is 128 g/mol. The lowest BCUT2D eigenvalue weighted by Crippen LogP contribution is -2.19. The molecule has 1 aliphatic rings. The predicted molar refractivity (Wildman–Crippen MR) is 35.4 cm³/mol. The van der Waals surface area contributed by atoms with Gasteiger partial charge in [0.05, 0.1) is 5.70 Å². The van der Waals surface area contributed by atoms with E-state index in [1.165, 1.54) is 0 Å². The van der Waals surface area contributed by atoms with E-state index in [0.717, 1.165) is 5.70 Å². The van der Waals surface area contributed by atoms with E-state index in [1.54, 1.807) is 5.06 Å². The van der Waals surface area contributed by atoms with Gasteiger partial charge in [-0.1, -0.05) is 0 Å². The van der Waals surface area contributed by atoms with E-state index in [1.807, 2.05) is 20.0 Å². The summed E-state index contributed by atoms with van der Waals surface area (Å²) in [5, 5.41) is 1.71. The molecule has 2 N–H and O–H groups in total. The van der Waals surface area contributed by atoms with Crippen LogP contribution in [0, 0.1) is 0 Å². The summed E-state index contributed by atoms with van der Waals surface area (Å²) >= 11 is 0. The topological polar surface area (TPSA) is 38.5 Å². The standard InChI is InChI=1S/C6H12N2O/c1-5-3-6(4-7)8(2)9-5/h3,5H,4,7H2,1-2H3/t5-/m0/s1. The summed E-state index contributed by atoms with van der Waals surface area (Å²) in [6, 6.07) is 0. The number of nitrogens with two attached hydrogens (primary N) is 1. The molecule has 1 atom stereocenters. The van der Waals surface area contributed by atoms with Crippen molar-refractivity contribution in [2.24, 2.45) is 5.73 Å². The second kappa shape index (κ2) is 2.37. The third-order valence-electron chi connectivity index (χ3n) is 1.37. The van der Waals surface area contributed by atoms with Crippen molar-refractivity contribution in [1.82, 2.24) is 5.06 Å². The van der Waals surface area contributed by atoms with Crippen LogP contribution in [-0.2, 0) is 4.84 Å². The summed E-state index contributed by atoms with van der Waals surface area (Å²) in [4.78, 5) is 5.23. The molecule has 0 saturated heterocycles. The summed E-state index contributed by atoms with van der Waals surface area (Å²) in [5.41, 5.74) is 6.45. The molecular formula is C6H12N2O. The first-order valence-corrected chi connectivity index (χ1v) is 3.05. The van der Waals surface area contributed by atoms with Gasteiger partial charge in [-0.3, -0.25) is 9.90 Å². The lowest BCUT2D eigenvalue weighted by Gasteiger charge is -2.13. The minimum atomic E-state index is 0.188. The van der Waals surface area contributed by atoms with Crippen molar-refractivity contribution in [2.45, 2.75) is 13.0 Å². The smallest absolute Gasteiger partial charge is 0.103 e. The molecule has 0 amide bonds. The van der Waals surface area contributed by atoms with Crippen LogP contribution in [0.3, 0.4) is 0 Å². The quantitative estimate of drug-likeness (QED) is 0.544. The number of hydroxylamine groups is 2. The third kappa shape index (κ3) is 1.23. The Morgan fingerprint density at radius 1 is 1.89 bits per heavy atom. The van der Waals surface area contributed by atoms with Gasteiger partial charge in [0.2, 0.25) is 0 Å². The summed E-state index contributed by atoms with van der Waals surface area (Å²) in [6.07, 6.45) is 2.20. The zero-order chi connectivity index (χ0) is 6.85. The van der Waals surface area contributed by atoms with Crippen molar-refractivity contribution < 1.29 is 4.84 Å². The maximum atomic E-state index is 5.40. The molecule has 3 nitrogen and oxygen atoms in total. The average Bonchev–Trinajstić information content (AvgIpc) is 2.10. The molecule has 9 heavy (non-hydrogen) atoms.